The number of phenols is 4. The Morgan fingerprint density at radius 1 is 0.710 bits per heavy atom. The Labute approximate surface area is 416 Å². The molecule has 0 saturated heterocycles. The monoisotopic (exact) mass is 1040 g/mol. The van der Waals surface area contributed by atoms with Crippen LogP contribution in [0.4, 0.5) is 8.78 Å². The molecule has 69 heavy (non-hydrogen) atoms. The van der Waals surface area contributed by atoms with Crippen LogP contribution < -0.4 is 10.6 Å². The zero-order valence-electron chi connectivity index (χ0n) is 37.8. The second-order valence-electron chi connectivity index (χ2n) is 16.2. The van der Waals surface area contributed by atoms with Crippen molar-refractivity contribution in [2.45, 2.75) is 55.0 Å². The van der Waals surface area contributed by atoms with E-state index in [2.05, 4.69) is 10.6 Å². The highest BCUT2D eigenvalue weighted by molar-refractivity contribution is 7.97. The van der Waals surface area contributed by atoms with E-state index < -0.39 is 46.8 Å². The summed E-state index contributed by atoms with van der Waals surface area (Å²) in [6, 6.07) is 11.2. The molecule has 0 aromatic heterocycles. The number of aliphatic hydroxyl groups excluding tert-OH is 1. The first-order valence-corrected chi connectivity index (χ1v) is 24.1. The van der Waals surface area contributed by atoms with Crippen molar-refractivity contribution >= 4 is 64.8 Å². The van der Waals surface area contributed by atoms with Crippen molar-refractivity contribution in [2.24, 2.45) is 0 Å². The molecule has 1 atom stereocenters. The predicted octanol–water partition coefficient (Wildman–Crippen LogP) is 5.90. The Bertz CT molecular complexity index is 2480. The minimum atomic E-state index is -1.23. The summed E-state index contributed by atoms with van der Waals surface area (Å²) in [5.74, 6) is -3.93. The van der Waals surface area contributed by atoms with Gasteiger partial charge in [-0.1, -0.05) is 35.3 Å². The van der Waals surface area contributed by atoms with Crippen LogP contribution in [0.15, 0.2) is 58.3 Å². The van der Waals surface area contributed by atoms with Gasteiger partial charge in [0, 0.05) is 73.4 Å². The number of hydrogen-bond donors (Lipinski definition) is 7. The lowest BCUT2D eigenvalue weighted by Gasteiger charge is -2.20. The van der Waals surface area contributed by atoms with E-state index in [9.17, 15) is 48.7 Å². The topological polar surface area (TPSA) is 217 Å². The number of carbonyl (C=O) groups excluding carboxylic acids is 3. The van der Waals surface area contributed by atoms with Gasteiger partial charge in [0.25, 0.3) is 5.91 Å². The summed E-state index contributed by atoms with van der Waals surface area (Å²) in [6.07, 6.45) is -0.0881. The normalized spacial score (nSPS) is 14.5. The third kappa shape index (κ3) is 14.7. The smallest absolute Gasteiger partial charge is 0.258 e. The average Bonchev–Trinajstić information content (AvgIpc) is 3.80. The zero-order valence-corrected chi connectivity index (χ0v) is 41.0. The van der Waals surface area contributed by atoms with Crippen LogP contribution >= 0.6 is 47.1 Å². The Balaban J connectivity index is 0.770. The van der Waals surface area contributed by atoms with E-state index in [4.69, 9.17) is 37.4 Å². The van der Waals surface area contributed by atoms with Crippen LogP contribution in [0.25, 0.3) is 0 Å². The number of rotatable bonds is 26. The summed E-state index contributed by atoms with van der Waals surface area (Å²) >= 11 is 14.2. The van der Waals surface area contributed by atoms with Crippen LogP contribution in [0, 0.1) is 11.6 Å². The number of halogens is 4. The Hall–Kier alpha value is -4.65. The first kappa shape index (κ1) is 53.7. The molecule has 4 aromatic carbocycles. The molecule has 0 aliphatic carbocycles. The summed E-state index contributed by atoms with van der Waals surface area (Å²) < 4.78 is 47.4. The van der Waals surface area contributed by atoms with Gasteiger partial charge in [-0.05, 0) is 104 Å². The maximum Gasteiger partial charge on any atom is 0.258 e. The Morgan fingerprint density at radius 3 is 1.71 bits per heavy atom. The van der Waals surface area contributed by atoms with Gasteiger partial charge in [0.15, 0.2) is 23.0 Å². The van der Waals surface area contributed by atoms with Crippen LogP contribution in [0.3, 0.4) is 0 Å². The molecule has 2 heterocycles. The SMILES string of the molecule is CN(CC(=O)NCCCOCCOCCOCCCNC(=O)CN(C)Sc1cc(O)c(O)c2c1CN(Cc1ccc(F)c(Cl)c1)C2O)Sc1cc(O)c(O)c2c1CN(Cc1ccc(F)c(Cl)c1)C2=O. The van der Waals surface area contributed by atoms with Crippen molar-refractivity contribution in [1.29, 1.82) is 0 Å². The number of phenolic OH excluding ortho intramolecular Hbond substituents is 4. The average molecular weight is 1040 g/mol. The first-order valence-electron chi connectivity index (χ1n) is 21.8. The number of aliphatic hydroxyl groups is 1. The Morgan fingerprint density at radius 2 is 1.19 bits per heavy atom. The molecule has 0 saturated carbocycles. The maximum atomic E-state index is 13.7. The van der Waals surface area contributed by atoms with Gasteiger partial charge in [0.1, 0.15) is 17.9 Å². The number of fused-ring (bicyclic) bond motifs is 2. The third-order valence-corrected chi connectivity index (χ3v) is 13.4. The van der Waals surface area contributed by atoms with Crippen LogP contribution in [-0.4, -0.2) is 142 Å². The van der Waals surface area contributed by atoms with Gasteiger partial charge in [0.05, 0.1) is 55.1 Å². The van der Waals surface area contributed by atoms with Crippen LogP contribution in [0.2, 0.25) is 10.0 Å². The number of nitrogens with zero attached hydrogens (tertiary/aromatic N) is 4. The molecule has 1 unspecified atom stereocenters. The first-order chi connectivity index (χ1) is 33.0. The molecule has 2 aliphatic rings. The van der Waals surface area contributed by atoms with Gasteiger partial charge in [-0.25, -0.2) is 17.4 Å². The fourth-order valence-electron chi connectivity index (χ4n) is 7.51. The molecular formula is C46H54Cl2F2N6O11S2. The van der Waals surface area contributed by atoms with Gasteiger partial charge in [-0.15, -0.1) is 0 Å². The van der Waals surface area contributed by atoms with Crippen molar-refractivity contribution in [3.8, 4) is 23.0 Å². The predicted molar refractivity (Wildman–Crippen MR) is 255 cm³/mol. The third-order valence-electron chi connectivity index (χ3n) is 10.8. The van der Waals surface area contributed by atoms with Crippen molar-refractivity contribution in [3.05, 3.63) is 104 Å². The number of ether oxygens (including phenoxy) is 3. The highest BCUT2D eigenvalue weighted by Crippen LogP contribution is 2.48. The van der Waals surface area contributed by atoms with Gasteiger partial charge >= 0.3 is 0 Å². The fourth-order valence-corrected chi connectivity index (χ4v) is 9.85. The lowest BCUT2D eigenvalue weighted by atomic mass is 10.1. The van der Waals surface area contributed by atoms with E-state index in [1.165, 1.54) is 59.3 Å². The lowest BCUT2D eigenvalue weighted by molar-refractivity contribution is -0.121. The summed E-state index contributed by atoms with van der Waals surface area (Å²) in [7, 11) is 3.40. The zero-order chi connectivity index (χ0) is 49.8. The largest absolute Gasteiger partial charge is 0.504 e. The summed E-state index contributed by atoms with van der Waals surface area (Å²) in [4.78, 5) is 42.6. The van der Waals surface area contributed by atoms with Gasteiger partial charge in [-0.3, -0.25) is 19.3 Å². The molecule has 2 aliphatic heterocycles. The van der Waals surface area contributed by atoms with Crippen molar-refractivity contribution in [1.82, 2.24) is 29.0 Å². The van der Waals surface area contributed by atoms with Crippen molar-refractivity contribution in [2.75, 3.05) is 79.9 Å². The van der Waals surface area contributed by atoms with E-state index in [0.29, 0.717) is 97.6 Å². The highest BCUT2D eigenvalue weighted by Gasteiger charge is 2.37. The fraction of sp³-hybridized carbons (Fsp3) is 0.413. The van der Waals surface area contributed by atoms with E-state index >= 15 is 0 Å². The van der Waals surface area contributed by atoms with Crippen molar-refractivity contribution < 1.29 is 62.9 Å². The number of amides is 3. The number of nitrogens with one attached hydrogen (secondary N) is 2. The van der Waals surface area contributed by atoms with Crippen LogP contribution in [0.5, 0.6) is 23.0 Å². The van der Waals surface area contributed by atoms with E-state index in [1.807, 2.05) is 0 Å². The molecule has 0 spiro atoms. The van der Waals surface area contributed by atoms with E-state index in [0.717, 1.165) is 11.9 Å². The molecule has 0 bridgehead atoms. The maximum absolute atomic E-state index is 13.7. The Kier molecular flexibility index (Phi) is 19.8. The molecule has 17 nitrogen and oxygen atoms in total. The number of benzene rings is 4. The van der Waals surface area contributed by atoms with Gasteiger partial charge in [0.2, 0.25) is 11.8 Å². The minimum absolute atomic E-state index is 0.00112. The molecule has 7 N–H and O–H groups in total. The minimum Gasteiger partial charge on any atom is -0.504 e. The summed E-state index contributed by atoms with van der Waals surface area (Å²) in [5, 5.41) is 58.5. The van der Waals surface area contributed by atoms with E-state index in [1.54, 1.807) is 33.7 Å². The molecule has 0 radical (unpaired) electrons. The molecule has 374 valence electrons. The van der Waals surface area contributed by atoms with Gasteiger partial charge < -0.3 is 55.3 Å². The molecular weight excluding hydrogens is 986 g/mol. The van der Waals surface area contributed by atoms with E-state index in [-0.39, 0.29) is 72.3 Å². The lowest BCUT2D eigenvalue weighted by Crippen LogP contribution is -2.33. The molecule has 0 fully saturated rings. The number of carbonyl (C=O) groups is 3. The number of likely N-dealkylation sites (N-methyl/N-ethyl adjacent to an activating group) is 2. The standard InChI is InChI=1S/C46H54Cl2F2N6O11S2/c1-53(68-37-19-35(57)43(61)41-29(37)23-55(45(41)63)21-27-5-7-33(49)31(47)17-27)25-39(59)51-9-3-11-65-13-15-67-16-14-66-12-4-10-52-40(60)26-54(2)69-38-20-36(58)44(62)42-30(38)24-56(46(42)64)22-28-6-8-34(50)32(48)18-28/h5-8,17-20,45,57-58,61-63H,3-4,9-16,21-26H2,1-2H3,(H,51,59)(H,52,60). The summed E-state index contributed by atoms with van der Waals surface area (Å²) in [6.45, 7) is 3.70. The summed E-state index contributed by atoms with van der Waals surface area (Å²) in [5.41, 5.74) is 2.49. The molecule has 3 amide bonds. The molecule has 23 heteroatoms. The van der Waals surface area contributed by atoms with Crippen LogP contribution in [0.1, 0.15) is 57.2 Å². The number of aromatic hydroxyl groups is 4. The number of hydrogen-bond acceptors (Lipinski definition) is 16. The van der Waals surface area contributed by atoms with Gasteiger partial charge in [-0.2, -0.15) is 0 Å². The highest BCUT2D eigenvalue weighted by atomic mass is 35.5. The van der Waals surface area contributed by atoms with Crippen LogP contribution in [-0.2, 0) is 50.0 Å². The van der Waals surface area contributed by atoms with Crippen molar-refractivity contribution in [3.63, 3.8) is 0 Å². The second kappa shape index (κ2) is 25.5. The molecule has 6 rings (SSSR count). The second-order valence-corrected chi connectivity index (χ2v) is 19.5. The quantitative estimate of drug-likeness (QED) is 0.0222. The molecule has 4 aromatic rings.